The normalized spacial score (nSPS) is 14.0. The Morgan fingerprint density at radius 1 is 0.707 bits per heavy atom. The average Bonchev–Trinajstić information content (AvgIpc) is 3.84. The summed E-state index contributed by atoms with van der Waals surface area (Å²) in [5, 5.41) is 0. The molecule has 11 nitrogen and oxygen atoms in total. The van der Waals surface area contributed by atoms with Gasteiger partial charge >= 0.3 is 29.8 Å². The zero-order chi connectivity index (χ0) is 31.9. The topological polar surface area (TPSA) is 144 Å². The number of epoxide rings is 1. The van der Waals surface area contributed by atoms with Crippen molar-refractivity contribution in [1.82, 2.24) is 0 Å². The highest BCUT2D eigenvalue weighted by Crippen LogP contribution is 2.20. The molecule has 0 aromatic rings. The number of esters is 5. The van der Waals surface area contributed by atoms with Crippen LogP contribution < -0.4 is 0 Å². The average molecular weight is 581 g/mol. The first-order valence-corrected chi connectivity index (χ1v) is 12.7. The quantitative estimate of drug-likeness (QED) is 0.114. The minimum Gasteiger partial charge on any atom is -0.466 e. The summed E-state index contributed by atoms with van der Waals surface area (Å²) >= 11 is 0. The molecule has 1 aliphatic heterocycles. The van der Waals surface area contributed by atoms with Gasteiger partial charge in [-0.2, -0.15) is 0 Å². The smallest absolute Gasteiger partial charge is 0.330 e. The van der Waals surface area contributed by atoms with Crippen molar-refractivity contribution in [3.05, 3.63) is 75.9 Å². The highest BCUT2D eigenvalue weighted by molar-refractivity contribution is 5.82. The van der Waals surface area contributed by atoms with Gasteiger partial charge in [0.25, 0.3) is 0 Å². The van der Waals surface area contributed by atoms with Gasteiger partial charge < -0.3 is 28.4 Å². The molecule has 0 spiro atoms. The Morgan fingerprint density at radius 3 is 1.51 bits per heavy atom. The molecule has 41 heavy (non-hydrogen) atoms. The molecule has 230 valence electrons. The summed E-state index contributed by atoms with van der Waals surface area (Å²) in [6, 6.07) is 0. The van der Waals surface area contributed by atoms with Crippen molar-refractivity contribution in [2.75, 3.05) is 33.5 Å². The van der Waals surface area contributed by atoms with Gasteiger partial charge in [-0.05, 0) is 32.6 Å². The van der Waals surface area contributed by atoms with Crippen LogP contribution in [-0.4, -0.2) is 75.6 Å². The first-order chi connectivity index (χ1) is 19.6. The molecule has 0 aromatic carbocycles. The summed E-state index contributed by atoms with van der Waals surface area (Å²) in [5.41, 5.74) is 0. The predicted molar refractivity (Wildman–Crippen MR) is 154 cm³/mol. The van der Waals surface area contributed by atoms with E-state index in [1.807, 2.05) is 0 Å². The zero-order valence-corrected chi connectivity index (χ0v) is 24.2. The Hall–Kier alpha value is -4.25. The molecule has 1 heterocycles. The third-order valence-corrected chi connectivity index (χ3v) is 4.31. The van der Waals surface area contributed by atoms with Crippen molar-refractivity contribution >= 4 is 29.8 Å². The summed E-state index contributed by atoms with van der Waals surface area (Å²) in [4.78, 5) is 51.2. The lowest BCUT2D eigenvalue weighted by molar-refractivity contribution is -0.144. The van der Waals surface area contributed by atoms with Gasteiger partial charge in [-0.15, -0.1) is 0 Å². The van der Waals surface area contributed by atoms with Crippen molar-refractivity contribution in [3.63, 3.8) is 0 Å². The maximum atomic E-state index is 10.7. The van der Waals surface area contributed by atoms with Gasteiger partial charge in [0.15, 0.2) is 0 Å². The number of hydrogen-bond donors (Lipinski definition) is 0. The van der Waals surface area contributed by atoms with Crippen LogP contribution in [0.4, 0.5) is 0 Å². The fraction of sp³-hybridized carbons (Fsp3) is 0.433. The summed E-state index contributed by atoms with van der Waals surface area (Å²) in [7, 11) is 1.31. The van der Waals surface area contributed by atoms with E-state index in [1.54, 1.807) is 6.92 Å². The van der Waals surface area contributed by atoms with Gasteiger partial charge in [0.05, 0.1) is 20.3 Å². The SMILES string of the molecule is C=CC(=O)OC.C=CC(=O)OC1CCCCC1.C=CC(=O)OCC.C=CC(=O)OCC1CO1.C=CCOC(=O)C=C. The summed E-state index contributed by atoms with van der Waals surface area (Å²) in [6.07, 6.45) is 13.3. The molecule has 11 heteroatoms. The molecule has 1 saturated carbocycles. The first-order valence-electron chi connectivity index (χ1n) is 12.7. The molecule has 0 N–H and O–H groups in total. The van der Waals surface area contributed by atoms with Crippen molar-refractivity contribution in [3.8, 4) is 0 Å². The number of methoxy groups -OCH3 is 1. The van der Waals surface area contributed by atoms with Crippen LogP contribution in [0.2, 0.25) is 0 Å². The molecule has 1 atom stereocenters. The lowest BCUT2D eigenvalue weighted by Crippen LogP contribution is -2.19. The second-order valence-electron chi connectivity index (χ2n) is 7.50. The van der Waals surface area contributed by atoms with Gasteiger partial charge in [-0.25, -0.2) is 24.0 Å². The Bertz CT molecular complexity index is 835. The fourth-order valence-corrected chi connectivity index (χ4v) is 2.28. The first kappa shape index (κ1) is 41.2. The van der Waals surface area contributed by atoms with E-state index in [0.717, 1.165) is 37.1 Å². The van der Waals surface area contributed by atoms with Gasteiger partial charge in [0, 0.05) is 30.4 Å². The second-order valence-corrected chi connectivity index (χ2v) is 7.50. The fourth-order valence-electron chi connectivity index (χ4n) is 2.28. The number of rotatable bonds is 11. The number of hydrogen-bond acceptors (Lipinski definition) is 11. The second kappa shape index (κ2) is 30.3. The molecule has 1 saturated heterocycles. The Morgan fingerprint density at radius 2 is 1.17 bits per heavy atom. The molecule has 0 bridgehead atoms. The van der Waals surface area contributed by atoms with Crippen LogP contribution in [-0.2, 0) is 52.4 Å². The van der Waals surface area contributed by atoms with E-state index in [1.165, 1.54) is 38.5 Å². The summed E-state index contributed by atoms with van der Waals surface area (Å²) in [5.74, 6) is -1.83. The van der Waals surface area contributed by atoms with Crippen molar-refractivity contribution in [2.45, 2.75) is 51.2 Å². The van der Waals surface area contributed by atoms with E-state index >= 15 is 0 Å². The molecule has 2 rings (SSSR count). The van der Waals surface area contributed by atoms with E-state index in [-0.39, 0.29) is 36.7 Å². The maximum Gasteiger partial charge on any atom is 0.330 e. The molecule has 0 radical (unpaired) electrons. The molecule has 2 fully saturated rings. The zero-order valence-electron chi connectivity index (χ0n) is 24.2. The largest absolute Gasteiger partial charge is 0.466 e. The summed E-state index contributed by atoms with van der Waals surface area (Å²) < 4.78 is 27.6. The molecule has 2 aliphatic rings. The highest BCUT2D eigenvalue weighted by Gasteiger charge is 2.23. The minimum absolute atomic E-state index is 0.147. The third-order valence-electron chi connectivity index (χ3n) is 4.31. The Kier molecular flexibility index (Phi) is 30.5. The van der Waals surface area contributed by atoms with E-state index in [0.29, 0.717) is 19.8 Å². The number of ether oxygens (including phenoxy) is 6. The third kappa shape index (κ3) is 33.7. The van der Waals surface area contributed by atoms with Crippen LogP contribution in [0, 0.1) is 0 Å². The minimum atomic E-state index is -0.412. The lowest BCUT2D eigenvalue weighted by Gasteiger charge is -2.20. The van der Waals surface area contributed by atoms with Crippen LogP contribution in [0.3, 0.4) is 0 Å². The molecule has 1 aliphatic carbocycles. The molecule has 0 aromatic heterocycles. The van der Waals surface area contributed by atoms with E-state index in [2.05, 4.69) is 58.4 Å². The predicted octanol–water partition coefficient (Wildman–Crippen LogP) is 4.15. The van der Waals surface area contributed by atoms with Crippen LogP contribution in [0.5, 0.6) is 0 Å². The van der Waals surface area contributed by atoms with Crippen LogP contribution >= 0.6 is 0 Å². The summed E-state index contributed by atoms with van der Waals surface area (Å²) in [6.45, 7) is 23.0. The monoisotopic (exact) mass is 580 g/mol. The van der Waals surface area contributed by atoms with Gasteiger partial charge in [0.1, 0.15) is 25.4 Å². The van der Waals surface area contributed by atoms with Crippen LogP contribution in [0.1, 0.15) is 39.0 Å². The molecular weight excluding hydrogens is 536 g/mol. The van der Waals surface area contributed by atoms with E-state index < -0.39 is 11.9 Å². The van der Waals surface area contributed by atoms with Crippen molar-refractivity contribution < 1.29 is 52.4 Å². The van der Waals surface area contributed by atoms with Gasteiger partial charge in [-0.3, -0.25) is 0 Å². The number of carbonyl (C=O) groups is 5. The van der Waals surface area contributed by atoms with Gasteiger partial charge in [0.2, 0.25) is 0 Å². The number of carbonyl (C=O) groups excluding carboxylic acids is 5. The Balaban J connectivity index is -0.000000448. The standard InChI is InChI=1S/C9H14O2.C6H8O3.C6H8O2.C5H8O2.C4H6O2/c1-2-9(10)11-8-6-4-3-5-7-8;1-2-6(7)9-4-5-3-8-5;1-3-5-8-6(7)4-2;1-3-5(6)7-4-2;1-3-4(5)6-2/h2,8H,1,3-7H2;2,5H,1,3-4H2;3-4H,1-2,5H2;3H,1,4H2,2H3;3H,1H2,2H3. The van der Waals surface area contributed by atoms with Crippen LogP contribution in [0.25, 0.3) is 0 Å². The highest BCUT2D eigenvalue weighted by atomic mass is 16.6. The van der Waals surface area contributed by atoms with E-state index in [9.17, 15) is 24.0 Å². The molecular formula is C30H44O11. The lowest BCUT2D eigenvalue weighted by atomic mass is 9.98. The van der Waals surface area contributed by atoms with Crippen LogP contribution in [0.15, 0.2) is 75.9 Å². The van der Waals surface area contributed by atoms with E-state index in [4.69, 9.17) is 9.47 Å². The maximum absolute atomic E-state index is 10.7. The molecule has 0 amide bonds. The Labute approximate surface area is 243 Å². The molecule has 1 unspecified atom stereocenters. The van der Waals surface area contributed by atoms with Crippen molar-refractivity contribution in [1.29, 1.82) is 0 Å². The van der Waals surface area contributed by atoms with Crippen molar-refractivity contribution in [2.24, 2.45) is 0 Å². The van der Waals surface area contributed by atoms with Gasteiger partial charge in [-0.1, -0.05) is 52.0 Å².